The maximum absolute atomic E-state index is 11.3. The van der Waals surface area contributed by atoms with Crippen LogP contribution in [0.4, 0.5) is 0 Å². The van der Waals surface area contributed by atoms with Gasteiger partial charge in [-0.15, -0.1) is 0 Å². The highest BCUT2D eigenvalue weighted by molar-refractivity contribution is 7.91. The third-order valence-corrected chi connectivity index (χ3v) is 4.92. The van der Waals surface area contributed by atoms with Gasteiger partial charge in [-0.1, -0.05) is 43.2 Å². The van der Waals surface area contributed by atoms with E-state index in [2.05, 4.69) is 4.99 Å². The van der Waals surface area contributed by atoms with Crippen molar-refractivity contribution >= 4 is 16.1 Å². The van der Waals surface area contributed by atoms with E-state index < -0.39 is 15.3 Å². The molecule has 1 atom stereocenters. The zero-order valence-corrected chi connectivity index (χ0v) is 12.7. The fourth-order valence-corrected chi connectivity index (χ4v) is 2.69. The molecule has 0 saturated heterocycles. The first-order chi connectivity index (χ1) is 9.52. The topological polar surface area (TPSA) is 66.7 Å². The Hall–Kier alpha value is -1.20. The van der Waals surface area contributed by atoms with Crippen molar-refractivity contribution in [1.29, 1.82) is 0 Å². The van der Waals surface area contributed by atoms with Gasteiger partial charge in [0.15, 0.2) is 15.3 Å². The number of nitrogens with zero attached hydrogens (tertiary/aromatic N) is 1. The lowest BCUT2D eigenvalue weighted by molar-refractivity contribution is 0.268. The molecular weight excluding hydrogens is 274 g/mol. The van der Waals surface area contributed by atoms with Gasteiger partial charge >= 0.3 is 0 Å². The second-order valence-electron chi connectivity index (χ2n) is 4.83. The second-order valence-corrected chi connectivity index (χ2v) is 7.24. The summed E-state index contributed by atoms with van der Waals surface area (Å²) in [6.07, 6.45) is 5.24. The number of rotatable bonds is 9. The van der Waals surface area contributed by atoms with Gasteiger partial charge in [-0.3, -0.25) is 4.99 Å². The van der Waals surface area contributed by atoms with E-state index in [1.165, 1.54) is 6.92 Å². The van der Waals surface area contributed by atoms with E-state index in [0.717, 1.165) is 31.4 Å². The van der Waals surface area contributed by atoms with Gasteiger partial charge in [-0.2, -0.15) is 0 Å². The Morgan fingerprint density at radius 2 is 1.80 bits per heavy atom. The van der Waals surface area contributed by atoms with Crippen molar-refractivity contribution in [3.8, 4) is 0 Å². The number of aliphatic hydroxyl groups is 1. The van der Waals surface area contributed by atoms with Gasteiger partial charge < -0.3 is 5.11 Å². The number of sulfone groups is 1. The smallest absolute Gasteiger partial charge is 0.176 e. The molecule has 0 saturated carbocycles. The summed E-state index contributed by atoms with van der Waals surface area (Å²) in [5.41, 5.74) is -0.159. The minimum Gasteiger partial charge on any atom is -0.377 e. The molecule has 112 valence electrons. The number of hydrogen-bond donors (Lipinski definition) is 1. The number of aliphatic imine (C=N–C) groups is 1. The number of unbranched alkanes of at least 4 members (excludes halogenated alkanes) is 3. The van der Waals surface area contributed by atoms with Crippen LogP contribution in [-0.4, -0.2) is 37.5 Å². The molecule has 5 heteroatoms. The Labute approximate surface area is 121 Å². The van der Waals surface area contributed by atoms with Gasteiger partial charge in [0.25, 0.3) is 0 Å². The van der Waals surface area contributed by atoms with E-state index in [1.54, 1.807) is 0 Å². The van der Waals surface area contributed by atoms with Crippen LogP contribution in [0.2, 0.25) is 0 Å². The first kappa shape index (κ1) is 16.9. The SMILES string of the molecule is CC(O)S(=O)(=O)CCCCCCN=Cc1ccccc1. The van der Waals surface area contributed by atoms with Crippen LogP contribution < -0.4 is 0 Å². The van der Waals surface area contributed by atoms with Crippen molar-refractivity contribution in [3.63, 3.8) is 0 Å². The number of benzene rings is 1. The zero-order chi connectivity index (χ0) is 14.8. The van der Waals surface area contributed by atoms with E-state index in [1.807, 2.05) is 36.5 Å². The molecule has 0 aliphatic carbocycles. The summed E-state index contributed by atoms with van der Waals surface area (Å²) < 4.78 is 22.7. The third-order valence-electron chi connectivity index (χ3n) is 3.03. The van der Waals surface area contributed by atoms with Gasteiger partial charge in [0.2, 0.25) is 0 Å². The zero-order valence-electron chi connectivity index (χ0n) is 11.9. The van der Waals surface area contributed by atoms with Gasteiger partial charge in [0.05, 0.1) is 5.75 Å². The summed E-state index contributed by atoms with van der Waals surface area (Å²) in [5.74, 6) is 0.0674. The third kappa shape index (κ3) is 6.82. The van der Waals surface area contributed by atoms with Crippen molar-refractivity contribution in [2.75, 3.05) is 12.3 Å². The molecule has 0 fully saturated rings. The lowest BCUT2D eigenvalue weighted by atomic mass is 10.2. The van der Waals surface area contributed by atoms with E-state index in [4.69, 9.17) is 5.11 Å². The second kappa shape index (κ2) is 8.87. The van der Waals surface area contributed by atoms with Crippen LogP contribution in [0.5, 0.6) is 0 Å². The lowest BCUT2D eigenvalue weighted by Crippen LogP contribution is -2.20. The fourth-order valence-electron chi connectivity index (χ4n) is 1.74. The molecule has 0 aromatic heterocycles. The number of aliphatic hydroxyl groups excluding tert-OH is 1. The Morgan fingerprint density at radius 1 is 1.15 bits per heavy atom. The maximum atomic E-state index is 11.3. The van der Waals surface area contributed by atoms with Crippen LogP contribution in [0.25, 0.3) is 0 Å². The maximum Gasteiger partial charge on any atom is 0.176 e. The molecule has 1 aromatic rings. The van der Waals surface area contributed by atoms with E-state index in [0.29, 0.717) is 6.42 Å². The largest absolute Gasteiger partial charge is 0.377 e. The van der Waals surface area contributed by atoms with Gasteiger partial charge in [-0.25, -0.2) is 8.42 Å². The molecule has 0 radical (unpaired) electrons. The average molecular weight is 297 g/mol. The van der Waals surface area contributed by atoms with Gasteiger partial charge in [0.1, 0.15) is 0 Å². The molecule has 0 heterocycles. The van der Waals surface area contributed by atoms with Gasteiger partial charge in [-0.05, 0) is 25.3 Å². The molecule has 0 bridgehead atoms. The van der Waals surface area contributed by atoms with Crippen LogP contribution in [-0.2, 0) is 9.84 Å². The normalized spacial score (nSPS) is 13.7. The fraction of sp³-hybridized carbons (Fsp3) is 0.533. The van der Waals surface area contributed by atoms with Crippen LogP contribution in [0.15, 0.2) is 35.3 Å². The van der Waals surface area contributed by atoms with Crippen molar-refractivity contribution in [3.05, 3.63) is 35.9 Å². The van der Waals surface area contributed by atoms with Crippen molar-refractivity contribution in [2.45, 2.75) is 38.0 Å². The minimum atomic E-state index is -3.31. The summed E-state index contributed by atoms with van der Waals surface area (Å²) in [4.78, 5) is 4.33. The Morgan fingerprint density at radius 3 is 2.45 bits per heavy atom. The van der Waals surface area contributed by atoms with E-state index in [-0.39, 0.29) is 5.75 Å². The first-order valence-corrected chi connectivity index (χ1v) is 8.68. The molecule has 1 rings (SSSR count). The van der Waals surface area contributed by atoms with Gasteiger partial charge in [0, 0.05) is 12.8 Å². The van der Waals surface area contributed by atoms with E-state index >= 15 is 0 Å². The molecule has 0 spiro atoms. The standard InChI is InChI=1S/C15H23NO3S/c1-14(17)20(18,19)12-8-3-2-7-11-16-13-15-9-5-4-6-10-15/h4-6,9-10,13-14,17H,2-3,7-8,11-12H2,1H3. The summed E-state index contributed by atoms with van der Waals surface area (Å²) in [5, 5.41) is 9.05. The average Bonchev–Trinajstić information content (AvgIpc) is 2.42. The molecule has 0 amide bonds. The Kier molecular flexibility index (Phi) is 7.47. The van der Waals surface area contributed by atoms with Crippen molar-refractivity contribution in [2.24, 2.45) is 4.99 Å². The van der Waals surface area contributed by atoms with Crippen LogP contribution in [0.3, 0.4) is 0 Å². The molecule has 20 heavy (non-hydrogen) atoms. The molecular formula is C15H23NO3S. The molecule has 1 aromatic carbocycles. The minimum absolute atomic E-state index is 0.0674. The summed E-state index contributed by atoms with van der Waals surface area (Å²) in [7, 11) is -3.31. The van der Waals surface area contributed by atoms with Crippen LogP contribution >= 0.6 is 0 Å². The van der Waals surface area contributed by atoms with Crippen molar-refractivity contribution in [1.82, 2.24) is 0 Å². The molecule has 1 N–H and O–H groups in total. The first-order valence-electron chi connectivity index (χ1n) is 6.97. The molecule has 4 nitrogen and oxygen atoms in total. The van der Waals surface area contributed by atoms with Crippen LogP contribution in [0, 0.1) is 0 Å². The predicted molar refractivity (Wildman–Crippen MR) is 82.8 cm³/mol. The number of hydrogen-bond acceptors (Lipinski definition) is 4. The lowest BCUT2D eigenvalue weighted by Gasteiger charge is -2.06. The molecule has 0 aliphatic rings. The summed E-state index contributed by atoms with van der Waals surface area (Å²) in [6, 6.07) is 9.93. The monoisotopic (exact) mass is 297 g/mol. The van der Waals surface area contributed by atoms with Crippen LogP contribution in [0.1, 0.15) is 38.2 Å². The molecule has 1 unspecified atom stereocenters. The summed E-state index contributed by atoms with van der Waals surface area (Å²) >= 11 is 0. The Balaban J connectivity index is 2.07. The molecule has 0 aliphatic heterocycles. The quantitative estimate of drug-likeness (QED) is 0.562. The van der Waals surface area contributed by atoms with E-state index in [9.17, 15) is 8.42 Å². The summed E-state index contributed by atoms with van der Waals surface area (Å²) in [6.45, 7) is 2.06. The highest BCUT2D eigenvalue weighted by atomic mass is 32.2. The highest BCUT2D eigenvalue weighted by Crippen LogP contribution is 2.06. The predicted octanol–water partition coefficient (Wildman–Crippen LogP) is 2.42. The Bertz CT molecular complexity index is 495. The van der Waals surface area contributed by atoms with Crippen molar-refractivity contribution < 1.29 is 13.5 Å². The highest BCUT2D eigenvalue weighted by Gasteiger charge is 2.16.